The van der Waals surface area contributed by atoms with Gasteiger partial charge in [-0.05, 0) is 48.8 Å². The molecular formula is C28H39N5O. The fourth-order valence-corrected chi connectivity index (χ4v) is 5.36. The van der Waals surface area contributed by atoms with Gasteiger partial charge in [0, 0.05) is 55.2 Å². The minimum atomic E-state index is 0.731. The summed E-state index contributed by atoms with van der Waals surface area (Å²) in [5, 5.41) is 4.56. The fraction of sp³-hybridized carbons (Fsp3) is 0.571. The highest BCUT2D eigenvalue weighted by Crippen LogP contribution is 2.34. The van der Waals surface area contributed by atoms with Crippen LogP contribution in [0.4, 0.5) is 11.6 Å². The first-order chi connectivity index (χ1) is 16.7. The minimum Gasteiger partial charge on any atom is -0.378 e. The second-order valence-electron chi connectivity index (χ2n) is 10.2. The molecule has 2 aromatic heterocycles. The molecule has 1 aliphatic heterocycles. The van der Waals surface area contributed by atoms with E-state index in [0.717, 1.165) is 81.1 Å². The number of anilines is 2. The molecule has 182 valence electrons. The molecule has 3 heterocycles. The Morgan fingerprint density at radius 3 is 2.56 bits per heavy atom. The Balaban J connectivity index is 1.44. The molecule has 0 bridgehead atoms. The molecular weight excluding hydrogens is 422 g/mol. The second kappa shape index (κ2) is 10.8. The van der Waals surface area contributed by atoms with Crippen molar-refractivity contribution in [1.29, 1.82) is 0 Å². The third-order valence-electron chi connectivity index (χ3n) is 7.57. The molecule has 1 N–H and O–H groups in total. The summed E-state index contributed by atoms with van der Waals surface area (Å²) in [5.74, 6) is 2.34. The van der Waals surface area contributed by atoms with Crippen molar-refractivity contribution in [2.75, 3.05) is 43.1 Å². The Morgan fingerprint density at radius 2 is 1.82 bits per heavy atom. The number of nitrogens with zero attached hydrogens (tertiary/aromatic N) is 4. The third-order valence-corrected chi connectivity index (χ3v) is 7.57. The predicted molar refractivity (Wildman–Crippen MR) is 141 cm³/mol. The molecule has 0 unspecified atom stereocenters. The molecule has 1 aromatic carbocycles. The van der Waals surface area contributed by atoms with E-state index in [1.165, 1.54) is 42.5 Å². The summed E-state index contributed by atoms with van der Waals surface area (Å²) in [6.07, 6.45) is 11.9. The van der Waals surface area contributed by atoms with E-state index in [1.54, 1.807) is 0 Å². The Labute approximate surface area is 203 Å². The number of rotatable bonds is 8. The zero-order valence-corrected chi connectivity index (χ0v) is 20.8. The van der Waals surface area contributed by atoms with Crippen LogP contribution in [0.5, 0.6) is 0 Å². The Morgan fingerprint density at radius 1 is 1.06 bits per heavy atom. The second-order valence-corrected chi connectivity index (χ2v) is 10.2. The van der Waals surface area contributed by atoms with Gasteiger partial charge in [-0.15, -0.1) is 0 Å². The van der Waals surface area contributed by atoms with Gasteiger partial charge in [0.15, 0.2) is 0 Å². The zero-order valence-electron chi connectivity index (χ0n) is 20.8. The highest BCUT2D eigenvalue weighted by Gasteiger charge is 2.21. The topological polar surface area (TPSA) is 55.2 Å². The molecule has 5 rings (SSSR count). The number of unbranched alkanes of at least 4 members (excludes halogenated alkanes) is 1. The number of hydrogen-bond acceptors (Lipinski definition) is 5. The largest absolute Gasteiger partial charge is 0.378 e. The van der Waals surface area contributed by atoms with Crippen LogP contribution in [0.2, 0.25) is 0 Å². The summed E-state index contributed by atoms with van der Waals surface area (Å²) < 4.78 is 7.91. The maximum Gasteiger partial charge on any atom is 0.224 e. The van der Waals surface area contributed by atoms with Crippen LogP contribution in [-0.2, 0) is 11.3 Å². The van der Waals surface area contributed by atoms with E-state index in [0.29, 0.717) is 0 Å². The molecule has 0 atom stereocenters. The lowest BCUT2D eigenvalue weighted by atomic mass is 9.83. The first kappa shape index (κ1) is 23.2. The van der Waals surface area contributed by atoms with Crippen molar-refractivity contribution in [3.05, 3.63) is 36.7 Å². The molecule has 2 aliphatic rings. The Bertz CT molecular complexity index is 1060. The van der Waals surface area contributed by atoms with E-state index in [4.69, 9.17) is 9.72 Å². The smallest absolute Gasteiger partial charge is 0.224 e. The van der Waals surface area contributed by atoms with Gasteiger partial charge in [-0.3, -0.25) is 0 Å². The average molecular weight is 462 g/mol. The molecule has 1 aliphatic carbocycles. The van der Waals surface area contributed by atoms with Crippen LogP contribution in [-0.4, -0.2) is 47.4 Å². The van der Waals surface area contributed by atoms with E-state index in [9.17, 15) is 0 Å². The van der Waals surface area contributed by atoms with Gasteiger partial charge in [0.2, 0.25) is 5.95 Å². The highest BCUT2D eigenvalue weighted by molar-refractivity contribution is 5.94. The van der Waals surface area contributed by atoms with Gasteiger partial charge in [0.25, 0.3) is 0 Å². The quantitative estimate of drug-likeness (QED) is 0.419. The lowest BCUT2D eigenvalue weighted by molar-refractivity contribution is 0.122. The van der Waals surface area contributed by atoms with Crippen LogP contribution >= 0.6 is 0 Å². The van der Waals surface area contributed by atoms with Gasteiger partial charge in [-0.25, -0.2) is 4.98 Å². The van der Waals surface area contributed by atoms with E-state index < -0.39 is 0 Å². The molecule has 3 aromatic rings. The summed E-state index contributed by atoms with van der Waals surface area (Å²) in [5.41, 5.74) is 4.78. The Kier molecular flexibility index (Phi) is 7.33. The van der Waals surface area contributed by atoms with Gasteiger partial charge in [0.05, 0.1) is 13.2 Å². The predicted octanol–water partition coefficient (Wildman–Crippen LogP) is 5.97. The fourth-order valence-electron chi connectivity index (χ4n) is 5.36. The Hall–Kier alpha value is -2.60. The van der Waals surface area contributed by atoms with Gasteiger partial charge in [-0.2, -0.15) is 4.98 Å². The first-order valence-corrected chi connectivity index (χ1v) is 13.2. The average Bonchev–Trinajstić information content (AvgIpc) is 3.24. The monoisotopic (exact) mass is 461 g/mol. The van der Waals surface area contributed by atoms with E-state index in [1.807, 2.05) is 6.20 Å². The summed E-state index contributed by atoms with van der Waals surface area (Å²) in [6, 6.07) is 8.99. The molecule has 34 heavy (non-hydrogen) atoms. The SMILES string of the molecule is CCCCNc1ncc2c(-c3ccc(N4CCOCC4)cc3)cn(C[C@H]3CC[C@H](C)CC3)c2n1. The van der Waals surface area contributed by atoms with Gasteiger partial charge in [0.1, 0.15) is 5.65 Å². The van der Waals surface area contributed by atoms with E-state index in [-0.39, 0.29) is 0 Å². The molecule has 1 saturated carbocycles. The first-order valence-electron chi connectivity index (χ1n) is 13.2. The lowest BCUT2D eigenvalue weighted by Crippen LogP contribution is -2.36. The van der Waals surface area contributed by atoms with E-state index in [2.05, 4.69) is 64.1 Å². The normalized spacial score (nSPS) is 21.2. The number of morpholine rings is 1. The number of nitrogens with one attached hydrogen (secondary N) is 1. The van der Waals surface area contributed by atoms with Crippen LogP contribution in [0.15, 0.2) is 36.7 Å². The maximum atomic E-state index is 5.51. The van der Waals surface area contributed by atoms with Crippen molar-refractivity contribution in [3.8, 4) is 11.1 Å². The van der Waals surface area contributed by atoms with Crippen LogP contribution in [0.3, 0.4) is 0 Å². The standard InChI is InChI=1S/C28H39N5O/c1-3-4-13-29-28-30-18-25-26(23-9-11-24(12-10-23)32-14-16-34-17-15-32)20-33(27(25)31-28)19-22-7-5-21(2)6-8-22/h9-12,18,20-22H,3-8,13-17,19H2,1-2H3,(H,29,30,31)/t21-,22-. The van der Waals surface area contributed by atoms with Crippen molar-refractivity contribution in [3.63, 3.8) is 0 Å². The van der Waals surface area contributed by atoms with Crippen molar-refractivity contribution in [2.24, 2.45) is 11.8 Å². The molecule has 6 nitrogen and oxygen atoms in total. The minimum absolute atomic E-state index is 0.731. The summed E-state index contributed by atoms with van der Waals surface area (Å²) in [4.78, 5) is 12.1. The summed E-state index contributed by atoms with van der Waals surface area (Å²) >= 11 is 0. The van der Waals surface area contributed by atoms with E-state index >= 15 is 0 Å². The molecule has 6 heteroatoms. The number of fused-ring (bicyclic) bond motifs is 1. The van der Waals surface area contributed by atoms with Crippen LogP contribution in [0, 0.1) is 11.8 Å². The summed E-state index contributed by atoms with van der Waals surface area (Å²) in [6.45, 7) is 10.1. The molecule has 0 spiro atoms. The lowest BCUT2D eigenvalue weighted by Gasteiger charge is -2.28. The van der Waals surface area contributed by atoms with Crippen LogP contribution in [0.25, 0.3) is 22.2 Å². The van der Waals surface area contributed by atoms with Gasteiger partial charge in [-0.1, -0.05) is 45.2 Å². The molecule has 0 amide bonds. The van der Waals surface area contributed by atoms with Crippen molar-refractivity contribution in [2.45, 2.75) is 58.9 Å². The van der Waals surface area contributed by atoms with Crippen molar-refractivity contribution >= 4 is 22.7 Å². The van der Waals surface area contributed by atoms with Crippen LogP contribution in [0.1, 0.15) is 52.4 Å². The third kappa shape index (κ3) is 5.22. The number of ether oxygens (including phenoxy) is 1. The number of hydrogen-bond donors (Lipinski definition) is 1. The maximum absolute atomic E-state index is 5.51. The van der Waals surface area contributed by atoms with Crippen LogP contribution < -0.4 is 10.2 Å². The van der Waals surface area contributed by atoms with Gasteiger partial charge >= 0.3 is 0 Å². The highest BCUT2D eigenvalue weighted by atomic mass is 16.5. The van der Waals surface area contributed by atoms with Crippen molar-refractivity contribution in [1.82, 2.24) is 14.5 Å². The number of aromatic nitrogens is 3. The molecule has 0 radical (unpaired) electrons. The van der Waals surface area contributed by atoms with Crippen molar-refractivity contribution < 1.29 is 4.74 Å². The summed E-state index contributed by atoms with van der Waals surface area (Å²) in [7, 11) is 0. The molecule has 1 saturated heterocycles. The van der Waals surface area contributed by atoms with Gasteiger partial charge < -0.3 is 19.5 Å². The molecule has 2 fully saturated rings. The number of benzene rings is 1. The zero-order chi connectivity index (χ0) is 23.3.